The Hall–Kier alpha value is -2.24. The van der Waals surface area contributed by atoms with E-state index in [-0.39, 0.29) is 16.3 Å². The maximum absolute atomic E-state index is 12.7. The molecule has 0 spiro atoms. The summed E-state index contributed by atoms with van der Waals surface area (Å²) in [6, 6.07) is 1.97. The zero-order valence-corrected chi connectivity index (χ0v) is 17.1. The largest absolute Gasteiger partial charge is 0.504 e. The van der Waals surface area contributed by atoms with Gasteiger partial charge >= 0.3 is 6.30 Å². The predicted molar refractivity (Wildman–Crippen MR) is 106 cm³/mol. The molecule has 1 saturated carbocycles. The van der Waals surface area contributed by atoms with E-state index in [1.165, 1.54) is 0 Å². The number of nitrogens with zero attached hydrogens (tertiary/aromatic N) is 5. The molecule has 1 fully saturated rings. The average molecular weight is 426 g/mol. The van der Waals surface area contributed by atoms with Gasteiger partial charge in [0.25, 0.3) is 0 Å². The van der Waals surface area contributed by atoms with Crippen LogP contribution in [0.1, 0.15) is 36.8 Å². The van der Waals surface area contributed by atoms with Gasteiger partial charge in [0, 0.05) is 43.0 Å². The quantitative estimate of drug-likeness (QED) is 0.542. The molecule has 0 N–H and O–H groups in total. The first kappa shape index (κ1) is 21.5. The van der Waals surface area contributed by atoms with Crippen LogP contribution in [-0.4, -0.2) is 46.3 Å². The Balaban J connectivity index is 1.72. The van der Waals surface area contributed by atoms with E-state index >= 15 is 0 Å². The van der Waals surface area contributed by atoms with Crippen LogP contribution in [-0.2, 0) is 6.30 Å². The number of hydrogen-bond donors (Lipinski definition) is 0. The third kappa shape index (κ3) is 5.64. The van der Waals surface area contributed by atoms with E-state index in [2.05, 4.69) is 40.9 Å². The molecule has 0 aliphatic heterocycles. The highest BCUT2D eigenvalue weighted by molar-refractivity contribution is 6.26. The van der Waals surface area contributed by atoms with Crippen molar-refractivity contribution in [3.8, 4) is 11.8 Å². The van der Waals surface area contributed by atoms with Gasteiger partial charge in [-0.05, 0) is 51.8 Å². The van der Waals surface area contributed by atoms with Crippen LogP contribution in [0.15, 0.2) is 30.9 Å². The average Bonchev–Trinajstić information content (AvgIpc) is 3.16. The fraction of sp³-hybridized carbons (Fsp3) is 0.500. The monoisotopic (exact) mass is 425 g/mol. The van der Waals surface area contributed by atoms with E-state index in [0.29, 0.717) is 17.2 Å². The lowest BCUT2D eigenvalue weighted by Gasteiger charge is -2.35. The highest BCUT2D eigenvalue weighted by Crippen LogP contribution is 2.33. The molecule has 2 heterocycles. The molecule has 0 aromatic carbocycles. The summed E-state index contributed by atoms with van der Waals surface area (Å²) in [6.45, 7) is 1.08. The predicted octanol–water partition coefficient (Wildman–Crippen LogP) is 4.23. The van der Waals surface area contributed by atoms with Gasteiger partial charge in [-0.25, -0.2) is 0 Å². The SMILES string of the molecule is CN(C)CC1CCC(N(Cl)c2ccncc2C#Cc2cnn(C(F)(F)F)c2)CC1. The van der Waals surface area contributed by atoms with Gasteiger partial charge in [0.1, 0.15) is 0 Å². The smallest absolute Gasteiger partial charge is 0.309 e. The molecule has 29 heavy (non-hydrogen) atoms. The zero-order chi connectivity index (χ0) is 21.0. The Labute approximate surface area is 173 Å². The van der Waals surface area contributed by atoms with E-state index in [1.807, 2.05) is 0 Å². The summed E-state index contributed by atoms with van der Waals surface area (Å²) in [5, 5.41) is 3.29. The molecular weight excluding hydrogens is 403 g/mol. The van der Waals surface area contributed by atoms with Gasteiger partial charge in [-0.1, -0.05) is 11.8 Å². The van der Waals surface area contributed by atoms with Crippen molar-refractivity contribution in [2.24, 2.45) is 5.92 Å². The van der Waals surface area contributed by atoms with Crippen LogP contribution in [0.3, 0.4) is 0 Å². The van der Waals surface area contributed by atoms with Gasteiger partial charge < -0.3 is 4.90 Å². The van der Waals surface area contributed by atoms with Gasteiger partial charge in [-0.15, -0.1) is 13.2 Å². The van der Waals surface area contributed by atoms with Crippen LogP contribution < -0.4 is 4.42 Å². The van der Waals surface area contributed by atoms with Crippen molar-refractivity contribution in [1.29, 1.82) is 0 Å². The number of halogens is 4. The van der Waals surface area contributed by atoms with Crippen molar-refractivity contribution in [2.45, 2.75) is 38.0 Å². The van der Waals surface area contributed by atoms with Crippen LogP contribution in [0, 0.1) is 17.8 Å². The van der Waals surface area contributed by atoms with E-state index < -0.39 is 6.30 Å². The first-order valence-corrected chi connectivity index (χ1v) is 9.75. The third-order valence-electron chi connectivity index (χ3n) is 4.97. The minimum absolute atomic E-state index is 0.0683. The first-order chi connectivity index (χ1) is 13.7. The van der Waals surface area contributed by atoms with Crippen LogP contribution in [0.25, 0.3) is 0 Å². The molecule has 2 aromatic rings. The van der Waals surface area contributed by atoms with Crippen molar-refractivity contribution in [3.05, 3.63) is 42.0 Å². The molecule has 2 aromatic heterocycles. The van der Waals surface area contributed by atoms with Gasteiger partial charge in [0.2, 0.25) is 0 Å². The van der Waals surface area contributed by atoms with Gasteiger partial charge in [0.05, 0.1) is 23.0 Å². The van der Waals surface area contributed by atoms with E-state index in [1.54, 1.807) is 22.9 Å². The number of pyridine rings is 1. The molecule has 3 rings (SSSR count). The summed E-state index contributed by atoms with van der Waals surface area (Å²) in [4.78, 5) is 6.29. The molecule has 1 aliphatic rings. The van der Waals surface area contributed by atoms with E-state index in [0.717, 1.165) is 44.6 Å². The van der Waals surface area contributed by atoms with E-state index in [4.69, 9.17) is 11.8 Å². The molecular formula is C20H23ClF3N5. The summed E-state index contributed by atoms with van der Waals surface area (Å²) < 4.78 is 39.6. The van der Waals surface area contributed by atoms with Crippen molar-refractivity contribution in [2.75, 3.05) is 25.1 Å². The Morgan fingerprint density at radius 1 is 1.17 bits per heavy atom. The molecule has 5 nitrogen and oxygen atoms in total. The molecule has 0 bridgehead atoms. The summed E-state index contributed by atoms with van der Waals surface area (Å²) in [5.41, 5.74) is 1.45. The topological polar surface area (TPSA) is 37.2 Å². The summed E-state index contributed by atoms with van der Waals surface area (Å²) in [7, 11) is 4.17. The minimum atomic E-state index is -4.56. The minimum Gasteiger partial charge on any atom is -0.309 e. The number of alkyl halides is 3. The van der Waals surface area contributed by atoms with Crippen molar-refractivity contribution in [3.63, 3.8) is 0 Å². The number of anilines is 1. The van der Waals surface area contributed by atoms with Crippen molar-refractivity contribution < 1.29 is 13.2 Å². The Bertz CT molecular complexity index is 876. The summed E-state index contributed by atoms with van der Waals surface area (Å²) in [6.07, 6.45) is 4.76. The van der Waals surface area contributed by atoms with Crippen LogP contribution >= 0.6 is 11.8 Å². The Morgan fingerprint density at radius 3 is 2.52 bits per heavy atom. The van der Waals surface area contributed by atoms with Gasteiger partial charge in [-0.2, -0.15) is 9.78 Å². The van der Waals surface area contributed by atoms with Gasteiger partial charge in [0.15, 0.2) is 0 Å². The molecule has 1 aliphatic carbocycles. The number of rotatable bonds is 4. The van der Waals surface area contributed by atoms with Crippen LogP contribution in [0.2, 0.25) is 0 Å². The fourth-order valence-electron chi connectivity index (χ4n) is 3.60. The maximum atomic E-state index is 12.7. The van der Waals surface area contributed by atoms with Crippen molar-refractivity contribution >= 4 is 17.5 Å². The lowest BCUT2D eigenvalue weighted by atomic mass is 9.85. The second-order valence-electron chi connectivity index (χ2n) is 7.53. The maximum Gasteiger partial charge on any atom is 0.504 e. The molecule has 0 atom stereocenters. The first-order valence-electron chi connectivity index (χ1n) is 9.41. The third-order valence-corrected chi connectivity index (χ3v) is 5.43. The molecule has 0 amide bonds. The number of aromatic nitrogens is 3. The van der Waals surface area contributed by atoms with Gasteiger partial charge in [-0.3, -0.25) is 9.40 Å². The standard InChI is InChI=1S/C20H23ClF3N5/c1-27(2)13-15-4-7-18(8-5-15)29(21)19-9-10-25-12-17(19)6-3-16-11-26-28(14-16)20(22,23)24/h9-12,14-15,18H,4-5,7-8,13H2,1-2H3. The summed E-state index contributed by atoms with van der Waals surface area (Å²) >= 11 is 6.65. The molecule has 9 heteroatoms. The highest BCUT2D eigenvalue weighted by Gasteiger charge is 2.31. The highest BCUT2D eigenvalue weighted by atomic mass is 35.5. The number of hydrogen-bond acceptors (Lipinski definition) is 4. The lowest BCUT2D eigenvalue weighted by molar-refractivity contribution is -0.212. The normalized spacial score (nSPS) is 19.7. The zero-order valence-electron chi connectivity index (χ0n) is 16.3. The summed E-state index contributed by atoms with van der Waals surface area (Å²) in [5.74, 6) is 6.27. The lowest BCUT2D eigenvalue weighted by Crippen LogP contribution is -2.34. The van der Waals surface area contributed by atoms with Crippen LogP contribution in [0.5, 0.6) is 0 Å². The van der Waals surface area contributed by atoms with Crippen molar-refractivity contribution in [1.82, 2.24) is 19.7 Å². The fourth-order valence-corrected chi connectivity index (χ4v) is 3.95. The molecule has 156 valence electrons. The second-order valence-corrected chi connectivity index (χ2v) is 7.90. The molecule has 0 unspecified atom stereocenters. The van der Waals surface area contributed by atoms with Crippen LogP contribution in [0.4, 0.5) is 18.9 Å². The second kappa shape index (κ2) is 9.06. The Kier molecular flexibility index (Phi) is 6.70. The molecule has 0 radical (unpaired) electrons. The Morgan fingerprint density at radius 2 is 1.90 bits per heavy atom. The van der Waals surface area contributed by atoms with E-state index in [9.17, 15) is 13.2 Å². The molecule has 0 saturated heterocycles.